The lowest BCUT2D eigenvalue weighted by atomic mass is 10.3. The molecule has 0 saturated carbocycles. The van der Waals surface area contributed by atoms with Gasteiger partial charge in [-0.15, -0.1) is 0 Å². The maximum atomic E-state index is 6.04. The highest BCUT2D eigenvalue weighted by atomic mass is 28.4. The van der Waals surface area contributed by atoms with Crippen LogP contribution >= 0.6 is 0 Å². The minimum absolute atomic E-state index is 0.221. The second kappa shape index (κ2) is 7.12. The molecule has 6 nitrogen and oxygen atoms in total. The van der Waals surface area contributed by atoms with Gasteiger partial charge >= 0.3 is 8.80 Å². The highest BCUT2D eigenvalue weighted by molar-refractivity contribution is 6.60. The van der Waals surface area contributed by atoms with E-state index in [1.807, 2.05) is 0 Å². The number of epoxide rings is 2. The number of hydrogen-bond acceptors (Lipinski definition) is 6. The molecule has 2 heterocycles. The summed E-state index contributed by atoms with van der Waals surface area (Å²) in [6.45, 7) is 4.20. The van der Waals surface area contributed by atoms with E-state index in [1.165, 1.54) is 0 Å². The van der Waals surface area contributed by atoms with Crippen LogP contribution in [0, 0.1) is 0 Å². The molecule has 2 aliphatic rings. The van der Waals surface area contributed by atoms with E-state index in [2.05, 4.69) is 6.92 Å². The van der Waals surface area contributed by atoms with Crippen LogP contribution in [0.25, 0.3) is 0 Å². The third-order valence-electron chi connectivity index (χ3n) is 3.22. The smallest absolute Gasteiger partial charge is 0.377 e. The molecule has 2 rings (SSSR count). The van der Waals surface area contributed by atoms with Gasteiger partial charge < -0.3 is 27.5 Å². The Hall–Kier alpha value is -0.0231. The maximum absolute atomic E-state index is 6.04. The zero-order chi connectivity index (χ0) is 13.7. The van der Waals surface area contributed by atoms with Crippen molar-refractivity contribution < 1.29 is 27.5 Å². The van der Waals surface area contributed by atoms with Gasteiger partial charge in [-0.1, -0.05) is 13.3 Å². The molecule has 0 aromatic carbocycles. The second-order valence-corrected chi connectivity index (χ2v) is 7.79. The quantitative estimate of drug-likeness (QED) is 0.324. The number of ether oxygens (including phenoxy) is 3. The molecule has 0 bridgehead atoms. The van der Waals surface area contributed by atoms with E-state index >= 15 is 0 Å². The van der Waals surface area contributed by atoms with Crippen molar-refractivity contribution in [3.8, 4) is 0 Å². The van der Waals surface area contributed by atoms with Crippen molar-refractivity contribution in [3.63, 3.8) is 0 Å². The Morgan fingerprint density at radius 3 is 2.26 bits per heavy atom. The van der Waals surface area contributed by atoms with Gasteiger partial charge in [-0.2, -0.15) is 0 Å². The maximum Gasteiger partial charge on any atom is 0.502 e. The van der Waals surface area contributed by atoms with E-state index < -0.39 is 8.80 Å². The first-order valence-corrected chi connectivity index (χ1v) is 8.77. The molecule has 3 unspecified atom stereocenters. The van der Waals surface area contributed by atoms with Crippen LogP contribution in [-0.2, 0) is 27.5 Å². The SMILES string of the molecule is CCC[Si](OC)(OC)OC(CC1CO1)OCC1CO1. The Bertz CT molecular complexity index is 265. The normalized spacial score (nSPS) is 27.3. The highest BCUT2D eigenvalue weighted by Gasteiger charge is 2.43. The number of hydrogen-bond donors (Lipinski definition) is 0. The highest BCUT2D eigenvalue weighted by Crippen LogP contribution is 2.25. The zero-order valence-electron chi connectivity index (χ0n) is 11.9. The Morgan fingerprint density at radius 2 is 1.79 bits per heavy atom. The molecule has 0 aliphatic carbocycles. The molecule has 0 N–H and O–H groups in total. The minimum Gasteiger partial charge on any atom is -0.377 e. The molecular weight excluding hydrogens is 268 g/mol. The summed E-state index contributed by atoms with van der Waals surface area (Å²) in [7, 11) is 0.659. The molecule has 0 spiro atoms. The summed E-state index contributed by atoms with van der Waals surface area (Å²) in [5, 5.41) is 0. The molecule has 112 valence electrons. The first kappa shape index (κ1) is 15.4. The largest absolute Gasteiger partial charge is 0.502 e. The molecule has 2 aliphatic heterocycles. The summed E-state index contributed by atoms with van der Waals surface area (Å²) in [4.78, 5) is 0. The Kier molecular flexibility index (Phi) is 5.76. The van der Waals surface area contributed by atoms with Gasteiger partial charge in [0.2, 0.25) is 0 Å². The lowest BCUT2D eigenvalue weighted by Gasteiger charge is -2.30. The molecule has 0 amide bonds. The van der Waals surface area contributed by atoms with Gasteiger partial charge in [0.1, 0.15) is 6.10 Å². The van der Waals surface area contributed by atoms with Gasteiger partial charge in [-0.05, 0) is 0 Å². The monoisotopic (exact) mass is 292 g/mol. The van der Waals surface area contributed by atoms with Crippen molar-refractivity contribution >= 4 is 8.80 Å². The van der Waals surface area contributed by atoms with E-state index in [4.69, 9.17) is 27.5 Å². The van der Waals surface area contributed by atoms with Crippen LogP contribution in [0.15, 0.2) is 0 Å². The molecule has 0 aromatic rings. The van der Waals surface area contributed by atoms with Gasteiger partial charge in [0.05, 0.1) is 25.9 Å². The lowest BCUT2D eigenvalue weighted by molar-refractivity contribution is -0.124. The van der Waals surface area contributed by atoms with Crippen molar-refractivity contribution in [2.45, 2.75) is 44.3 Å². The first-order valence-electron chi connectivity index (χ1n) is 6.84. The van der Waals surface area contributed by atoms with Crippen molar-refractivity contribution in [1.29, 1.82) is 0 Å². The lowest BCUT2D eigenvalue weighted by Crippen LogP contribution is -2.47. The molecule has 0 aromatic heterocycles. The van der Waals surface area contributed by atoms with E-state index in [0.29, 0.717) is 6.61 Å². The van der Waals surface area contributed by atoms with Crippen molar-refractivity contribution in [2.75, 3.05) is 34.0 Å². The third-order valence-corrected chi connectivity index (χ3v) is 6.20. The first-order chi connectivity index (χ1) is 9.21. The predicted octanol–water partition coefficient (Wildman–Crippen LogP) is 1.18. The predicted molar refractivity (Wildman–Crippen MR) is 69.8 cm³/mol. The number of rotatable bonds is 11. The van der Waals surface area contributed by atoms with Crippen LogP contribution in [0.4, 0.5) is 0 Å². The average molecular weight is 292 g/mol. The third kappa shape index (κ3) is 5.11. The molecule has 2 fully saturated rings. The summed E-state index contributed by atoms with van der Waals surface area (Å²) >= 11 is 0. The zero-order valence-corrected chi connectivity index (χ0v) is 12.9. The fourth-order valence-electron chi connectivity index (χ4n) is 1.90. The van der Waals surface area contributed by atoms with E-state index in [-0.39, 0.29) is 18.5 Å². The van der Waals surface area contributed by atoms with Gasteiger partial charge in [-0.3, -0.25) is 0 Å². The van der Waals surface area contributed by atoms with Gasteiger partial charge in [0, 0.05) is 26.7 Å². The topological polar surface area (TPSA) is 62.0 Å². The molecular formula is C12H24O6Si. The molecule has 0 radical (unpaired) electrons. The van der Waals surface area contributed by atoms with Crippen LogP contribution in [0.3, 0.4) is 0 Å². The summed E-state index contributed by atoms with van der Waals surface area (Å²) in [6.07, 6.45) is 1.80. The summed E-state index contributed by atoms with van der Waals surface area (Å²) in [5.41, 5.74) is 0. The summed E-state index contributed by atoms with van der Waals surface area (Å²) in [5.74, 6) is 0. The molecule has 19 heavy (non-hydrogen) atoms. The van der Waals surface area contributed by atoms with Gasteiger partial charge in [0.25, 0.3) is 0 Å². The molecule has 7 heteroatoms. The van der Waals surface area contributed by atoms with Gasteiger partial charge in [0.15, 0.2) is 6.29 Å². The molecule has 2 saturated heterocycles. The van der Waals surface area contributed by atoms with E-state index in [1.54, 1.807) is 14.2 Å². The summed E-state index contributed by atoms with van der Waals surface area (Å²) < 4.78 is 33.3. The van der Waals surface area contributed by atoms with Crippen LogP contribution < -0.4 is 0 Å². The fraction of sp³-hybridized carbons (Fsp3) is 1.00. The second-order valence-electron chi connectivity index (χ2n) is 4.87. The summed E-state index contributed by atoms with van der Waals surface area (Å²) in [6, 6.07) is 0.783. The van der Waals surface area contributed by atoms with Crippen molar-refractivity contribution in [2.24, 2.45) is 0 Å². The van der Waals surface area contributed by atoms with Crippen molar-refractivity contribution in [3.05, 3.63) is 0 Å². The Labute approximate surface area is 115 Å². The fourth-order valence-corrected chi connectivity index (χ4v) is 3.96. The Balaban J connectivity index is 1.86. The van der Waals surface area contributed by atoms with Crippen molar-refractivity contribution in [1.82, 2.24) is 0 Å². The van der Waals surface area contributed by atoms with Crippen LogP contribution in [0.5, 0.6) is 0 Å². The minimum atomic E-state index is -2.62. The Morgan fingerprint density at radius 1 is 1.16 bits per heavy atom. The van der Waals surface area contributed by atoms with Crippen LogP contribution in [0.1, 0.15) is 19.8 Å². The van der Waals surface area contributed by atoms with E-state index in [0.717, 1.165) is 32.1 Å². The van der Waals surface area contributed by atoms with E-state index in [9.17, 15) is 0 Å². The van der Waals surface area contributed by atoms with Crippen LogP contribution in [-0.4, -0.2) is 61.3 Å². The molecule has 3 atom stereocenters. The van der Waals surface area contributed by atoms with Gasteiger partial charge in [-0.25, -0.2) is 0 Å². The standard InChI is InChI=1S/C12H24O6Si/c1-4-5-19(13-2,14-3)18-12(6-10-7-15-10)17-9-11-8-16-11/h10-12H,4-9H2,1-3H3. The average Bonchev–Trinajstić information content (AvgIpc) is 3.29. The van der Waals surface area contributed by atoms with Crippen LogP contribution in [0.2, 0.25) is 6.04 Å².